The predicted molar refractivity (Wildman–Crippen MR) is 113 cm³/mol. The van der Waals surface area contributed by atoms with E-state index in [4.69, 9.17) is 29.4 Å². The van der Waals surface area contributed by atoms with Crippen molar-refractivity contribution in [1.82, 2.24) is 0 Å². The number of ether oxygens (including phenoxy) is 5. The predicted octanol–water partition coefficient (Wildman–Crippen LogP) is 3.99. The van der Waals surface area contributed by atoms with Gasteiger partial charge < -0.3 is 29.4 Å². The molecular formula is C22H27NO6. The maximum absolute atomic E-state index is 13.1. The van der Waals surface area contributed by atoms with Gasteiger partial charge >= 0.3 is 0 Å². The first kappa shape index (κ1) is 21.9. The largest absolute Gasteiger partial charge is 0.495 e. The lowest BCUT2D eigenvalue weighted by Crippen LogP contribution is -2.05. The number of methoxy groups -OCH3 is 5. The molecule has 0 saturated carbocycles. The number of allylic oxidation sites excluding steroid dienone is 1. The van der Waals surface area contributed by atoms with Crippen LogP contribution in [0.1, 0.15) is 29.3 Å². The average molecular weight is 401 g/mol. The third kappa shape index (κ3) is 4.39. The van der Waals surface area contributed by atoms with E-state index in [0.717, 1.165) is 0 Å². The molecule has 0 atom stereocenters. The van der Waals surface area contributed by atoms with E-state index in [9.17, 15) is 4.79 Å². The molecule has 0 saturated heterocycles. The van der Waals surface area contributed by atoms with E-state index in [1.165, 1.54) is 35.5 Å². The summed E-state index contributed by atoms with van der Waals surface area (Å²) >= 11 is 0. The van der Waals surface area contributed by atoms with Crippen molar-refractivity contribution < 1.29 is 28.5 Å². The number of carbonyl (C=O) groups excluding carboxylic acids is 1. The molecule has 7 heteroatoms. The lowest BCUT2D eigenvalue weighted by Gasteiger charge is -2.18. The van der Waals surface area contributed by atoms with Crippen LogP contribution in [0.5, 0.6) is 28.7 Å². The summed E-state index contributed by atoms with van der Waals surface area (Å²) in [4.78, 5) is 13.1. The Morgan fingerprint density at radius 2 is 1.48 bits per heavy atom. The second-order valence-corrected chi connectivity index (χ2v) is 6.08. The molecule has 29 heavy (non-hydrogen) atoms. The number of rotatable bonds is 9. The summed E-state index contributed by atoms with van der Waals surface area (Å²) in [7, 11) is 7.60. The molecule has 0 unspecified atom stereocenters. The number of anilines is 1. The third-order valence-corrected chi connectivity index (χ3v) is 4.52. The van der Waals surface area contributed by atoms with Gasteiger partial charge in [-0.05, 0) is 36.8 Å². The number of benzene rings is 2. The molecule has 0 amide bonds. The molecule has 156 valence electrons. The summed E-state index contributed by atoms with van der Waals surface area (Å²) in [5.41, 5.74) is 8.01. The Morgan fingerprint density at radius 3 is 2.00 bits per heavy atom. The zero-order valence-corrected chi connectivity index (χ0v) is 17.6. The minimum Gasteiger partial charge on any atom is -0.495 e. The van der Waals surface area contributed by atoms with Gasteiger partial charge in [-0.2, -0.15) is 0 Å². The van der Waals surface area contributed by atoms with Crippen molar-refractivity contribution in [3.05, 3.63) is 41.0 Å². The second-order valence-electron chi connectivity index (χ2n) is 6.08. The molecule has 0 aliphatic heterocycles. The summed E-state index contributed by atoms with van der Waals surface area (Å²) in [6.07, 6.45) is 2.26. The van der Waals surface area contributed by atoms with Gasteiger partial charge in [-0.1, -0.05) is 6.92 Å². The number of nitrogens with two attached hydrogens (primary N) is 1. The first-order valence-electron chi connectivity index (χ1n) is 9.01. The van der Waals surface area contributed by atoms with Crippen LogP contribution in [-0.2, 0) is 0 Å². The highest BCUT2D eigenvalue weighted by atomic mass is 16.5. The molecule has 0 fully saturated rings. The van der Waals surface area contributed by atoms with Crippen LogP contribution in [0, 0.1) is 0 Å². The van der Waals surface area contributed by atoms with Gasteiger partial charge in [0, 0.05) is 16.7 Å². The molecule has 2 N–H and O–H groups in total. The number of Topliss-reactive ketones (excluding diaryl/α,β-unsaturated/α-hetero) is 1. The lowest BCUT2D eigenvalue weighted by molar-refractivity contribution is 0.103. The van der Waals surface area contributed by atoms with E-state index in [0.29, 0.717) is 57.6 Å². The minimum absolute atomic E-state index is 0.137. The van der Waals surface area contributed by atoms with Gasteiger partial charge in [-0.15, -0.1) is 0 Å². The minimum atomic E-state index is -0.137. The molecular weight excluding hydrogens is 374 g/mol. The molecule has 0 bridgehead atoms. The van der Waals surface area contributed by atoms with E-state index in [1.54, 1.807) is 30.3 Å². The fourth-order valence-electron chi connectivity index (χ4n) is 3.02. The molecule has 0 aliphatic rings. The summed E-state index contributed by atoms with van der Waals surface area (Å²) in [6.45, 7) is 1.91. The fourth-order valence-corrected chi connectivity index (χ4v) is 3.02. The number of hydrogen-bond acceptors (Lipinski definition) is 7. The number of nitrogen functional groups attached to an aromatic ring is 1. The third-order valence-electron chi connectivity index (χ3n) is 4.52. The lowest BCUT2D eigenvalue weighted by atomic mass is 9.98. The van der Waals surface area contributed by atoms with Crippen LogP contribution in [0.2, 0.25) is 0 Å². The zero-order valence-electron chi connectivity index (χ0n) is 17.6. The van der Waals surface area contributed by atoms with E-state index < -0.39 is 0 Å². The molecule has 0 aromatic heterocycles. The van der Waals surface area contributed by atoms with Crippen molar-refractivity contribution >= 4 is 17.5 Å². The molecule has 2 rings (SSSR count). The second kappa shape index (κ2) is 9.73. The van der Waals surface area contributed by atoms with Crippen LogP contribution in [0.15, 0.2) is 29.8 Å². The summed E-state index contributed by atoms with van der Waals surface area (Å²) in [5.74, 6) is 2.03. The van der Waals surface area contributed by atoms with Crippen LogP contribution >= 0.6 is 0 Å². The molecule has 0 spiro atoms. The Hall–Kier alpha value is -3.35. The Morgan fingerprint density at radius 1 is 0.862 bits per heavy atom. The number of hydrogen-bond donors (Lipinski definition) is 1. The van der Waals surface area contributed by atoms with Crippen LogP contribution in [0.4, 0.5) is 5.69 Å². The Bertz CT molecular complexity index is 920. The number of carbonyl (C=O) groups is 1. The van der Waals surface area contributed by atoms with Crippen molar-refractivity contribution in [3.63, 3.8) is 0 Å². The molecule has 7 nitrogen and oxygen atoms in total. The first-order valence-corrected chi connectivity index (χ1v) is 9.01. The summed E-state index contributed by atoms with van der Waals surface area (Å²) in [6, 6.07) is 6.70. The highest BCUT2D eigenvalue weighted by molar-refractivity contribution is 6.12. The SMILES string of the molecule is CC/C(=C\c1cc(OC)c(OC)c(OC)c1OC)C(=O)c1ccc(N)c(OC)c1. The molecule has 0 radical (unpaired) electrons. The van der Waals surface area contributed by atoms with Crippen LogP contribution in [0.3, 0.4) is 0 Å². The van der Waals surface area contributed by atoms with Gasteiger partial charge in [0.25, 0.3) is 0 Å². The van der Waals surface area contributed by atoms with Crippen LogP contribution in [0.25, 0.3) is 6.08 Å². The topological polar surface area (TPSA) is 89.2 Å². The van der Waals surface area contributed by atoms with Crippen molar-refractivity contribution in [2.75, 3.05) is 41.3 Å². The van der Waals surface area contributed by atoms with E-state index in [1.807, 2.05) is 6.92 Å². The van der Waals surface area contributed by atoms with Gasteiger partial charge in [0.1, 0.15) is 5.75 Å². The fraction of sp³-hybridized carbons (Fsp3) is 0.318. The van der Waals surface area contributed by atoms with Crippen LogP contribution < -0.4 is 29.4 Å². The maximum atomic E-state index is 13.1. The van der Waals surface area contributed by atoms with Gasteiger partial charge in [0.15, 0.2) is 17.3 Å². The van der Waals surface area contributed by atoms with Gasteiger partial charge in [-0.25, -0.2) is 0 Å². The van der Waals surface area contributed by atoms with Gasteiger partial charge in [0.05, 0.1) is 41.2 Å². The number of ketones is 1. The molecule has 2 aromatic rings. The monoisotopic (exact) mass is 401 g/mol. The van der Waals surface area contributed by atoms with Crippen molar-refractivity contribution in [2.24, 2.45) is 0 Å². The molecule has 0 aliphatic carbocycles. The van der Waals surface area contributed by atoms with Gasteiger partial charge in [0.2, 0.25) is 11.5 Å². The summed E-state index contributed by atoms with van der Waals surface area (Å²) in [5, 5.41) is 0. The normalized spacial score (nSPS) is 11.0. The summed E-state index contributed by atoms with van der Waals surface area (Å²) < 4.78 is 27.1. The van der Waals surface area contributed by atoms with Crippen molar-refractivity contribution in [2.45, 2.75) is 13.3 Å². The maximum Gasteiger partial charge on any atom is 0.207 e. The average Bonchev–Trinajstić information content (AvgIpc) is 2.75. The Balaban J connectivity index is 2.61. The zero-order chi connectivity index (χ0) is 21.6. The first-order chi connectivity index (χ1) is 13.9. The molecule has 0 heterocycles. The van der Waals surface area contributed by atoms with Crippen molar-refractivity contribution in [3.8, 4) is 28.7 Å². The van der Waals surface area contributed by atoms with E-state index >= 15 is 0 Å². The Kier molecular flexibility index (Phi) is 7.36. The molecule has 2 aromatic carbocycles. The van der Waals surface area contributed by atoms with Crippen molar-refractivity contribution in [1.29, 1.82) is 0 Å². The van der Waals surface area contributed by atoms with E-state index in [-0.39, 0.29) is 5.78 Å². The smallest absolute Gasteiger partial charge is 0.207 e. The quantitative estimate of drug-likeness (QED) is 0.386. The van der Waals surface area contributed by atoms with Crippen LogP contribution in [-0.4, -0.2) is 41.3 Å². The highest BCUT2D eigenvalue weighted by Gasteiger charge is 2.22. The van der Waals surface area contributed by atoms with E-state index in [2.05, 4.69) is 0 Å². The standard InChI is InChI=1S/C22H27NO6/c1-7-13(19(24)14-8-9-16(23)17(11-14)25-2)10-15-12-18(26-3)21(28-5)22(29-6)20(15)27-4/h8-12H,7,23H2,1-6H3/b13-10+. The Labute approximate surface area is 171 Å². The highest BCUT2D eigenvalue weighted by Crippen LogP contribution is 2.47. The van der Waals surface area contributed by atoms with Gasteiger partial charge in [-0.3, -0.25) is 4.79 Å².